The average Bonchev–Trinajstić information content (AvgIpc) is 3.54. The lowest BCUT2D eigenvalue weighted by Gasteiger charge is -2.27. The summed E-state index contributed by atoms with van der Waals surface area (Å²) < 4.78 is 22.3. The molecule has 2 aromatic carbocycles. The van der Waals surface area contributed by atoms with Crippen LogP contribution in [0.1, 0.15) is 30.9 Å². The molecule has 184 valence electrons. The Labute approximate surface area is 209 Å². The first kappa shape index (κ1) is 23.4. The van der Waals surface area contributed by atoms with Gasteiger partial charge in [0.15, 0.2) is 16.6 Å². The van der Waals surface area contributed by atoms with Crippen LogP contribution in [0.2, 0.25) is 0 Å². The van der Waals surface area contributed by atoms with E-state index in [0.29, 0.717) is 42.7 Å². The molecule has 3 heterocycles. The van der Waals surface area contributed by atoms with Crippen LogP contribution < -0.4 is 25.1 Å². The Morgan fingerprint density at radius 1 is 1.17 bits per heavy atom. The maximum Gasteiger partial charge on any atom is 0.253 e. The monoisotopic (exact) mass is 495 g/mol. The summed E-state index contributed by atoms with van der Waals surface area (Å²) in [6.45, 7) is 5.02. The zero-order chi connectivity index (χ0) is 24.2. The van der Waals surface area contributed by atoms with E-state index in [1.807, 2.05) is 54.3 Å². The number of pyridine rings is 1. The van der Waals surface area contributed by atoms with Gasteiger partial charge in [0.25, 0.3) is 5.56 Å². The number of fused-ring (bicyclic) bond motifs is 2. The van der Waals surface area contributed by atoms with Gasteiger partial charge in [0.1, 0.15) is 5.75 Å². The predicted octanol–water partition coefficient (Wildman–Crippen LogP) is 3.71. The van der Waals surface area contributed by atoms with E-state index in [4.69, 9.17) is 31.2 Å². The quantitative estimate of drug-likeness (QED) is 0.458. The third-order valence-corrected chi connectivity index (χ3v) is 6.57. The van der Waals surface area contributed by atoms with Crippen molar-refractivity contribution < 1.29 is 18.9 Å². The molecule has 0 saturated carbocycles. The van der Waals surface area contributed by atoms with Crippen molar-refractivity contribution in [2.24, 2.45) is 0 Å². The van der Waals surface area contributed by atoms with E-state index in [2.05, 4.69) is 10.3 Å². The minimum absolute atomic E-state index is 0.140. The number of nitrogens with zero attached hydrogens (tertiary/aromatic N) is 1. The van der Waals surface area contributed by atoms with E-state index < -0.39 is 0 Å². The summed E-state index contributed by atoms with van der Waals surface area (Å²) in [5, 5.41) is 4.82. The van der Waals surface area contributed by atoms with Crippen molar-refractivity contribution in [3.05, 3.63) is 63.9 Å². The Morgan fingerprint density at radius 3 is 2.89 bits per heavy atom. The zero-order valence-corrected chi connectivity index (χ0v) is 20.5. The molecule has 1 atom stereocenters. The van der Waals surface area contributed by atoms with Crippen molar-refractivity contribution in [3.8, 4) is 17.2 Å². The van der Waals surface area contributed by atoms with Gasteiger partial charge in [0.05, 0.1) is 19.3 Å². The van der Waals surface area contributed by atoms with Crippen LogP contribution in [0.5, 0.6) is 17.2 Å². The highest BCUT2D eigenvalue weighted by Gasteiger charge is 2.20. The SMILES string of the molecule is CCOc1ccc2[nH]c(=O)c(CN(Cc3ccc4c(c3)OCO4)C(=S)NC[C@H]3CCCO3)cc2c1. The second-order valence-corrected chi connectivity index (χ2v) is 9.06. The van der Waals surface area contributed by atoms with Gasteiger partial charge < -0.3 is 34.1 Å². The largest absolute Gasteiger partial charge is 0.494 e. The number of H-pyrrole nitrogens is 1. The number of aromatic amines is 1. The lowest BCUT2D eigenvalue weighted by atomic mass is 10.1. The molecule has 5 rings (SSSR count). The summed E-state index contributed by atoms with van der Waals surface area (Å²) in [6, 6.07) is 13.4. The van der Waals surface area contributed by atoms with Crippen molar-refractivity contribution in [2.45, 2.75) is 39.0 Å². The molecule has 0 radical (unpaired) electrons. The van der Waals surface area contributed by atoms with Gasteiger partial charge >= 0.3 is 0 Å². The highest BCUT2D eigenvalue weighted by molar-refractivity contribution is 7.80. The van der Waals surface area contributed by atoms with Gasteiger partial charge in [-0.2, -0.15) is 0 Å². The van der Waals surface area contributed by atoms with Gasteiger partial charge in [-0.1, -0.05) is 6.07 Å². The molecule has 9 heteroatoms. The van der Waals surface area contributed by atoms with Gasteiger partial charge in [-0.15, -0.1) is 0 Å². The molecule has 1 fully saturated rings. The number of aromatic nitrogens is 1. The first-order valence-corrected chi connectivity index (χ1v) is 12.3. The normalized spacial score (nSPS) is 16.4. The summed E-state index contributed by atoms with van der Waals surface area (Å²) in [5.41, 5.74) is 2.25. The molecule has 0 unspecified atom stereocenters. The second kappa shape index (κ2) is 10.5. The number of nitrogens with one attached hydrogen (secondary N) is 2. The molecule has 35 heavy (non-hydrogen) atoms. The standard InChI is InChI=1S/C26H29N3O5S/c1-2-31-20-6-7-22-18(12-20)11-19(25(30)28-22)15-29(26(35)27-13-21-4-3-9-32-21)14-17-5-8-23-24(10-17)34-16-33-23/h5-8,10-12,21H,2-4,9,13-16H2,1H3,(H,27,35)(H,28,30)/t21-/m1/s1. The Hall–Kier alpha value is -3.30. The molecule has 0 amide bonds. The maximum atomic E-state index is 12.9. The van der Waals surface area contributed by atoms with Gasteiger partial charge in [-0.3, -0.25) is 4.79 Å². The Balaban J connectivity index is 1.40. The topological polar surface area (TPSA) is 85.1 Å². The average molecular weight is 496 g/mol. The van der Waals surface area contributed by atoms with Gasteiger partial charge in [-0.05, 0) is 73.9 Å². The lowest BCUT2D eigenvalue weighted by molar-refractivity contribution is 0.113. The van der Waals surface area contributed by atoms with E-state index in [9.17, 15) is 4.79 Å². The first-order valence-electron chi connectivity index (χ1n) is 11.9. The first-order chi connectivity index (χ1) is 17.1. The smallest absolute Gasteiger partial charge is 0.253 e. The third-order valence-electron chi connectivity index (χ3n) is 6.17. The zero-order valence-electron chi connectivity index (χ0n) is 19.7. The molecule has 2 N–H and O–H groups in total. The van der Waals surface area contributed by atoms with Crippen molar-refractivity contribution in [3.63, 3.8) is 0 Å². The van der Waals surface area contributed by atoms with Crippen LogP contribution in [-0.2, 0) is 17.8 Å². The molecule has 8 nitrogen and oxygen atoms in total. The lowest BCUT2D eigenvalue weighted by Crippen LogP contribution is -2.42. The molecule has 0 spiro atoms. The van der Waals surface area contributed by atoms with E-state index in [1.165, 1.54) is 0 Å². The van der Waals surface area contributed by atoms with Crippen LogP contribution in [0.3, 0.4) is 0 Å². The molecule has 3 aromatic rings. The maximum absolute atomic E-state index is 12.9. The van der Waals surface area contributed by atoms with Crippen LogP contribution in [0.4, 0.5) is 0 Å². The number of thiocarbonyl (C=S) groups is 1. The van der Waals surface area contributed by atoms with Crippen molar-refractivity contribution in [1.82, 2.24) is 15.2 Å². The number of benzene rings is 2. The number of ether oxygens (including phenoxy) is 4. The van der Waals surface area contributed by atoms with Crippen LogP contribution in [-0.4, -0.2) is 47.7 Å². The summed E-state index contributed by atoms with van der Waals surface area (Å²) in [7, 11) is 0. The minimum Gasteiger partial charge on any atom is -0.494 e. The fourth-order valence-electron chi connectivity index (χ4n) is 4.39. The fraction of sp³-hybridized carbons (Fsp3) is 0.385. The van der Waals surface area contributed by atoms with E-state index in [1.54, 1.807) is 0 Å². The molecule has 1 saturated heterocycles. The number of hydrogen-bond acceptors (Lipinski definition) is 6. The Kier molecular flexibility index (Phi) is 7.06. The summed E-state index contributed by atoms with van der Waals surface area (Å²) in [6.07, 6.45) is 2.24. The molecule has 0 aliphatic carbocycles. The third kappa shape index (κ3) is 5.52. The molecule has 2 aliphatic rings. The minimum atomic E-state index is -0.140. The molecular weight excluding hydrogens is 466 g/mol. The van der Waals surface area contributed by atoms with E-state index in [0.717, 1.165) is 47.4 Å². The molecule has 1 aromatic heterocycles. The predicted molar refractivity (Wildman–Crippen MR) is 137 cm³/mol. The van der Waals surface area contributed by atoms with Crippen molar-refractivity contribution in [2.75, 3.05) is 26.6 Å². The molecule has 0 bridgehead atoms. The van der Waals surface area contributed by atoms with Crippen molar-refractivity contribution >= 4 is 28.2 Å². The highest BCUT2D eigenvalue weighted by atomic mass is 32.1. The Morgan fingerprint density at radius 2 is 2.06 bits per heavy atom. The summed E-state index contributed by atoms with van der Waals surface area (Å²) in [4.78, 5) is 17.9. The molecule has 2 aliphatic heterocycles. The number of rotatable bonds is 8. The second-order valence-electron chi connectivity index (χ2n) is 8.67. The van der Waals surface area contributed by atoms with Gasteiger partial charge in [-0.25, -0.2) is 0 Å². The highest BCUT2D eigenvalue weighted by Crippen LogP contribution is 2.33. The van der Waals surface area contributed by atoms with Crippen LogP contribution in [0.15, 0.2) is 47.3 Å². The van der Waals surface area contributed by atoms with E-state index in [-0.39, 0.29) is 18.5 Å². The summed E-state index contributed by atoms with van der Waals surface area (Å²) in [5.74, 6) is 2.21. The van der Waals surface area contributed by atoms with Gasteiger partial charge in [0, 0.05) is 36.2 Å². The van der Waals surface area contributed by atoms with Crippen molar-refractivity contribution in [1.29, 1.82) is 0 Å². The van der Waals surface area contributed by atoms with Crippen LogP contribution in [0.25, 0.3) is 10.9 Å². The molecular formula is C26H29N3O5S. The van der Waals surface area contributed by atoms with Crippen LogP contribution in [0, 0.1) is 0 Å². The Bertz CT molecular complexity index is 1270. The van der Waals surface area contributed by atoms with Crippen LogP contribution >= 0.6 is 12.2 Å². The number of hydrogen-bond donors (Lipinski definition) is 2. The van der Waals surface area contributed by atoms with E-state index >= 15 is 0 Å². The van der Waals surface area contributed by atoms with Gasteiger partial charge in [0.2, 0.25) is 6.79 Å². The fourth-order valence-corrected chi connectivity index (χ4v) is 4.60. The summed E-state index contributed by atoms with van der Waals surface area (Å²) >= 11 is 5.77.